The summed E-state index contributed by atoms with van der Waals surface area (Å²) >= 11 is 0. The van der Waals surface area contributed by atoms with Crippen LogP contribution < -0.4 is 25.8 Å². The highest BCUT2D eigenvalue weighted by Crippen LogP contribution is 2.42. The molecule has 3 heterocycles. The van der Waals surface area contributed by atoms with Crippen LogP contribution in [0.25, 0.3) is 0 Å². The van der Waals surface area contributed by atoms with Crippen LogP contribution in [0.3, 0.4) is 0 Å². The van der Waals surface area contributed by atoms with Gasteiger partial charge in [0, 0.05) is 17.5 Å². The van der Waals surface area contributed by atoms with Crippen LogP contribution in [-0.2, 0) is 11.0 Å². The summed E-state index contributed by atoms with van der Waals surface area (Å²) in [6.45, 7) is 3.84. The average Bonchev–Trinajstić information content (AvgIpc) is 3.25. The first-order chi connectivity index (χ1) is 14.2. The van der Waals surface area contributed by atoms with Gasteiger partial charge in [0.15, 0.2) is 6.73 Å². The molecule has 5 rings (SSSR count). The highest BCUT2D eigenvalue weighted by Gasteiger charge is 2.50. The number of allylic oxidation sites excluding steroid dienone is 1. The van der Waals surface area contributed by atoms with Gasteiger partial charge in [-0.1, -0.05) is 0 Å². The Labute approximate surface area is 170 Å². The number of hydrogen-bond acceptors (Lipinski definition) is 7. The third-order valence-electron chi connectivity index (χ3n) is 5.05. The molecule has 0 amide bonds. The minimum Gasteiger partial charge on any atom is -0.471 e. The smallest absolute Gasteiger partial charge is 0.416 e. The number of rotatable bonds is 3. The number of hydroxylamine groups is 1. The number of aliphatic imine (C=N–C) groups is 1. The van der Waals surface area contributed by atoms with Crippen molar-refractivity contribution >= 4 is 23.3 Å². The van der Waals surface area contributed by atoms with Gasteiger partial charge in [0.2, 0.25) is 0 Å². The average molecular weight is 417 g/mol. The molecule has 2 aromatic carbocycles. The van der Waals surface area contributed by atoms with E-state index in [2.05, 4.69) is 21.1 Å². The standard InChI is InChI=1S/C20H18F3N5O2/c1-11-5-13(19(21,22)23)7-14(6-11)26-20-25-9-12(2)18(27-30-20)28(20)15-3-4-17-16(8-15)24-10-29-17/h3-9,24,26-27H,10H2,1-2H3. The molecule has 0 radical (unpaired) electrons. The quantitative estimate of drug-likeness (QED) is 0.697. The predicted molar refractivity (Wildman–Crippen MR) is 106 cm³/mol. The number of alkyl halides is 3. The van der Waals surface area contributed by atoms with E-state index in [0.717, 1.165) is 34.8 Å². The summed E-state index contributed by atoms with van der Waals surface area (Å²) in [6, 6.07) is 9.29. The van der Waals surface area contributed by atoms with Gasteiger partial charge in [-0.2, -0.15) is 13.2 Å². The number of benzene rings is 2. The molecule has 1 saturated heterocycles. The van der Waals surface area contributed by atoms with Gasteiger partial charge in [-0.05, 0) is 55.8 Å². The second-order valence-corrected chi connectivity index (χ2v) is 7.29. The van der Waals surface area contributed by atoms with Crippen molar-refractivity contribution in [1.82, 2.24) is 5.48 Å². The van der Waals surface area contributed by atoms with Crippen LogP contribution in [0, 0.1) is 6.92 Å². The maximum absolute atomic E-state index is 13.3. The number of halogens is 3. The van der Waals surface area contributed by atoms with Gasteiger partial charge < -0.3 is 15.4 Å². The van der Waals surface area contributed by atoms with Gasteiger partial charge >= 0.3 is 12.1 Å². The maximum atomic E-state index is 13.3. The van der Waals surface area contributed by atoms with Crippen molar-refractivity contribution in [3.05, 3.63) is 58.9 Å². The number of anilines is 3. The van der Waals surface area contributed by atoms with E-state index in [4.69, 9.17) is 9.57 Å². The van der Waals surface area contributed by atoms with E-state index in [1.54, 1.807) is 24.1 Å². The number of nitrogens with one attached hydrogen (secondary N) is 3. The fraction of sp³-hybridized carbons (Fsp3) is 0.250. The van der Waals surface area contributed by atoms with Crippen molar-refractivity contribution in [2.75, 3.05) is 22.3 Å². The maximum Gasteiger partial charge on any atom is 0.416 e. The molecule has 10 heteroatoms. The predicted octanol–water partition coefficient (Wildman–Crippen LogP) is 4.16. The highest BCUT2D eigenvalue weighted by molar-refractivity contribution is 5.85. The van der Waals surface area contributed by atoms with Crippen LogP contribution in [0.15, 0.2) is 52.8 Å². The molecule has 0 aliphatic carbocycles. The van der Waals surface area contributed by atoms with Gasteiger partial charge in [0.1, 0.15) is 11.6 Å². The van der Waals surface area contributed by atoms with Crippen LogP contribution in [0.4, 0.5) is 30.2 Å². The molecule has 1 unspecified atom stereocenters. The minimum atomic E-state index is -4.46. The van der Waals surface area contributed by atoms with Gasteiger partial charge in [-0.3, -0.25) is 4.90 Å². The van der Waals surface area contributed by atoms with Crippen molar-refractivity contribution in [3.8, 4) is 5.75 Å². The molecular formula is C20H18F3N5O2. The van der Waals surface area contributed by atoms with E-state index in [1.807, 2.05) is 25.1 Å². The van der Waals surface area contributed by atoms with Crippen LogP contribution in [0.5, 0.6) is 5.75 Å². The fourth-order valence-corrected chi connectivity index (χ4v) is 3.69. The van der Waals surface area contributed by atoms with Crippen molar-refractivity contribution in [2.24, 2.45) is 4.99 Å². The van der Waals surface area contributed by atoms with Crippen LogP contribution in [-0.4, -0.2) is 18.9 Å². The minimum absolute atomic E-state index is 0.231. The monoisotopic (exact) mass is 417 g/mol. The van der Waals surface area contributed by atoms with E-state index in [0.29, 0.717) is 18.1 Å². The summed E-state index contributed by atoms with van der Waals surface area (Å²) in [5, 5.41) is 6.16. The fourth-order valence-electron chi connectivity index (χ4n) is 3.69. The Balaban J connectivity index is 1.57. The second kappa shape index (κ2) is 6.30. The highest BCUT2D eigenvalue weighted by atomic mass is 19.4. The van der Waals surface area contributed by atoms with E-state index in [-0.39, 0.29) is 5.69 Å². The normalized spacial score (nSPS) is 21.8. The van der Waals surface area contributed by atoms with Gasteiger partial charge in [-0.25, -0.2) is 15.3 Å². The lowest BCUT2D eigenvalue weighted by atomic mass is 10.1. The molecule has 0 aromatic heterocycles. The number of hydrogen-bond donors (Lipinski definition) is 3. The molecule has 1 atom stereocenters. The molecule has 0 spiro atoms. The lowest BCUT2D eigenvalue weighted by Crippen LogP contribution is -2.51. The molecule has 1 fully saturated rings. The Kier molecular flexibility index (Phi) is 3.91. The van der Waals surface area contributed by atoms with Gasteiger partial charge in [-0.15, -0.1) is 0 Å². The molecule has 2 aromatic rings. The van der Waals surface area contributed by atoms with Crippen molar-refractivity contribution < 1.29 is 22.7 Å². The third-order valence-corrected chi connectivity index (χ3v) is 5.05. The lowest BCUT2D eigenvalue weighted by Gasteiger charge is -2.36. The first-order valence-electron chi connectivity index (χ1n) is 9.23. The molecule has 3 aliphatic rings. The van der Waals surface area contributed by atoms with Crippen LogP contribution in [0.1, 0.15) is 18.1 Å². The largest absolute Gasteiger partial charge is 0.471 e. The van der Waals surface area contributed by atoms with Gasteiger partial charge in [0.05, 0.1) is 16.9 Å². The lowest BCUT2D eigenvalue weighted by molar-refractivity contribution is -0.137. The summed E-state index contributed by atoms with van der Waals surface area (Å²) in [7, 11) is 0. The second-order valence-electron chi connectivity index (χ2n) is 7.29. The van der Waals surface area contributed by atoms with E-state index < -0.39 is 17.7 Å². The van der Waals surface area contributed by atoms with Crippen molar-refractivity contribution in [3.63, 3.8) is 0 Å². The molecule has 3 N–H and O–H groups in total. The summed E-state index contributed by atoms with van der Waals surface area (Å²) in [6.07, 6.45) is -2.84. The van der Waals surface area contributed by atoms with Gasteiger partial charge in [0.25, 0.3) is 0 Å². The Morgan fingerprint density at radius 2 is 2.00 bits per heavy atom. The molecule has 0 saturated carbocycles. The Hall–Kier alpha value is -3.40. The van der Waals surface area contributed by atoms with E-state index >= 15 is 0 Å². The van der Waals surface area contributed by atoms with E-state index in [9.17, 15) is 13.2 Å². The number of aryl methyl sites for hydroxylation is 1. The molecular weight excluding hydrogens is 399 g/mol. The Bertz CT molecular complexity index is 1100. The first kappa shape index (κ1) is 18.6. The Morgan fingerprint density at radius 3 is 2.80 bits per heavy atom. The topological polar surface area (TPSA) is 70.2 Å². The zero-order valence-corrected chi connectivity index (χ0v) is 16.1. The SMILES string of the molecule is CC1=C2NOC(Nc3cc(C)cc(C(F)(F)F)c3)(N=C1)N2c1ccc2c(c1)NCO2. The Morgan fingerprint density at radius 1 is 1.17 bits per heavy atom. The zero-order chi connectivity index (χ0) is 21.1. The molecule has 30 heavy (non-hydrogen) atoms. The summed E-state index contributed by atoms with van der Waals surface area (Å²) in [5.41, 5.74) is 5.15. The summed E-state index contributed by atoms with van der Waals surface area (Å²) < 4.78 is 45.4. The first-order valence-corrected chi connectivity index (χ1v) is 9.23. The third kappa shape index (κ3) is 2.91. The molecule has 2 bridgehead atoms. The summed E-state index contributed by atoms with van der Waals surface area (Å²) in [5.74, 6) is -0.124. The molecule has 7 nitrogen and oxygen atoms in total. The van der Waals surface area contributed by atoms with Crippen LogP contribution >= 0.6 is 0 Å². The number of nitrogens with zero attached hydrogens (tertiary/aromatic N) is 2. The van der Waals surface area contributed by atoms with Crippen LogP contribution in [0.2, 0.25) is 0 Å². The van der Waals surface area contributed by atoms with E-state index in [1.165, 1.54) is 0 Å². The molecule has 156 valence electrons. The zero-order valence-electron chi connectivity index (χ0n) is 16.1. The van der Waals surface area contributed by atoms with Crippen molar-refractivity contribution in [1.29, 1.82) is 0 Å². The number of ether oxygens (including phenoxy) is 1. The summed E-state index contributed by atoms with van der Waals surface area (Å²) in [4.78, 5) is 12.0. The molecule has 3 aliphatic heterocycles. The van der Waals surface area contributed by atoms with Crippen molar-refractivity contribution in [2.45, 2.75) is 26.0 Å². The number of fused-ring (bicyclic) bond motifs is 3.